The van der Waals surface area contributed by atoms with Crippen LogP contribution < -0.4 is 4.74 Å². The van der Waals surface area contributed by atoms with Crippen LogP contribution in [0.2, 0.25) is 0 Å². The maximum atomic E-state index is 13.4. The number of aromatic nitrogens is 1. The molecular formula is C6HClF4N2O5S. The van der Waals surface area contributed by atoms with E-state index >= 15 is 0 Å². The van der Waals surface area contributed by atoms with E-state index in [0.29, 0.717) is 0 Å². The normalized spacial score (nSPS) is 12.3. The zero-order chi connectivity index (χ0) is 15.0. The molecule has 0 atom stereocenters. The summed E-state index contributed by atoms with van der Waals surface area (Å²) in [6, 6.07) is 0. The first-order chi connectivity index (χ1) is 8.43. The fourth-order valence-electron chi connectivity index (χ4n) is 0.950. The zero-order valence-corrected chi connectivity index (χ0v) is 9.88. The quantitative estimate of drug-likeness (QED) is 0.365. The van der Waals surface area contributed by atoms with Gasteiger partial charge in [-0.15, -0.1) is 13.2 Å². The number of alkyl halides is 3. The van der Waals surface area contributed by atoms with Crippen LogP contribution in [0.25, 0.3) is 0 Å². The van der Waals surface area contributed by atoms with Gasteiger partial charge in [0, 0.05) is 10.7 Å². The van der Waals surface area contributed by atoms with Gasteiger partial charge in [-0.25, -0.2) is 13.4 Å². The Hall–Kier alpha value is -1.69. The van der Waals surface area contributed by atoms with Crippen LogP contribution in [0.5, 0.6) is 5.75 Å². The molecule has 106 valence electrons. The number of rotatable bonds is 3. The first-order valence-corrected chi connectivity index (χ1v) is 6.27. The van der Waals surface area contributed by atoms with Crippen LogP contribution in [0.15, 0.2) is 11.2 Å². The van der Waals surface area contributed by atoms with Gasteiger partial charge in [0.25, 0.3) is 9.05 Å². The summed E-state index contributed by atoms with van der Waals surface area (Å²) in [5.41, 5.74) is -1.50. The molecule has 0 aliphatic heterocycles. The Bertz CT molecular complexity index is 631. The van der Waals surface area contributed by atoms with Crippen molar-refractivity contribution in [2.24, 2.45) is 0 Å². The summed E-state index contributed by atoms with van der Waals surface area (Å²) in [5.74, 6) is -4.15. The van der Waals surface area contributed by atoms with Crippen molar-refractivity contribution in [3.8, 4) is 5.75 Å². The van der Waals surface area contributed by atoms with Crippen molar-refractivity contribution in [2.45, 2.75) is 11.4 Å². The van der Waals surface area contributed by atoms with Gasteiger partial charge in [0.1, 0.15) is 6.20 Å². The monoisotopic (exact) mass is 324 g/mol. The van der Waals surface area contributed by atoms with E-state index < -0.39 is 42.6 Å². The summed E-state index contributed by atoms with van der Waals surface area (Å²) < 4.78 is 74.3. The van der Waals surface area contributed by atoms with Crippen LogP contribution in [0.3, 0.4) is 0 Å². The molecule has 1 aromatic heterocycles. The third-order valence-corrected chi connectivity index (χ3v) is 2.76. The molecule has 0 unspecified atom stereocenters. The van der Waals surface area contributed by atoms with Crippen LogP contribution in [0.1, 0.15) is 0 Å². The molecule has 0 N–H and O–H groups in total. The molecule has 1 rings (SSSR count). The second kappa shape index (κ2) is 4.77. The highest BCUT2D eigenvalue weighted by molar-refractivity contribution is 8.13. The van der Waals surface area contributed by atoms with Gasteiger partial charge in [0.2, 0.25) is 16.6 Å². The molecule has 1 heterocycles. The van der Waals surface area contributed by atoms with Gasteiger partial charge < -0.3 is 4.74 Å². The van der Waals surface area contributed by atoms with Gasteiger partial charge >= 0.3 is 12.0 Å². The lowest BCUT2D eigenvalue weighted by Gasteiger charge is -2.11. The topological polar surface area (TPSA) is 99.4 Å². The molecule has 0 aliphatic carbocycles. The molecule has 0 aliphatic rings. The van der Waals surface area contributed by atoms with E-state index in [1.54, 1.807) is 0 Å². The van der Waals surface area contributed by atoms with Gasteiger partial charge in [0.05, 0.1) is 4.92 Å². The van der Waals surface area contributed by atoms with Gasteiger partial charge in [-0.2, -0.15) is 4.39 Å². The molecule has 19 heavy (non-hydrogen) atoms. The summed E-state index contributed by atoms with van der Waals surface area (Å²) in [4.78, 5) is 11.7. The Morgan fingerprint density at radius 1 is 1.42 bits per heavy atom. The van der Waals surface area contributed by atoms with Crippen molar-refractivity contribution in [3.63, 3.8) is 0 Å². The predicted molar refractivity (Wildman–Crippen MR) is 50.6 cm³/mol. The maximum Gasteiger partial charge on any atom is 0.573 e. The van der Waals surface area contributed by atoms with Crippen molar-refractivity contribution in [2.75, 3.05) is 0 Å². The summed E-state index contributed by atoms with van der Waals surface area (Å²) in [6.07, 6.45) is -5.39. The number of ether oxygens (including phenoxy) is 1. The van der Waals surface area contributed by atoms with Crippen molar-refractivity contribution < 1.29 is 35.6 Å². The van der Waals surface area contributed by atoms with Crippen LogP contribution in [0, 0.1) is 15.9 Å². The number of pyridine rings is 1. The molecule has 13 heteroatoms. The predicted octanol–water partition coefficient (Wildman–Crippen LogP) is 1.95. The Labute approximate surface area is 106 Å². The summed E-state index contributed by atoms with van der Waals surface area (Å²) in [6.45, 7) is 0. The molecule has 0 spiro atoms. The lowest BCUT2D eigenvalue weighted by Crippen LogP contribution is -2.20. The van der Waals surface area contributed by atoms with E-state index in [1.165, 1.54) is 0 Å². The smallest absolute Gasteiger partial charge is 0.399 e. The molecular weight excluding hydrogens is 324 g/mol. The molecule has 0 fully saturated rings. The van der Waals surface area contributed by atoms with Crippen molar-refractivity contribution >= 4 is 25.4 Å². The van der Waals surface area contributed by atoms with Gasteiger partial charge in [-0.05, 0) is 0 Å². The van der Waals surface area contributed by atoms with Gasteiger partial charge in [-0.3, -0.25) is 10.1 Å². The molecule has 1 aromatic rings. The highest BCUT2D eigenvalue weighted by atomic mass is 35.7. The van der Waals surface area contributed by atoms with Crippen molar-refractivity contribution in [3.05, 3.63) is 22.1 Å². The Morgan fingerprint density at radius 3 is 2.32 bits per heavy atom. The number of hydrogen-bond acceptors (Lipinski definition) is 6. The standard InChI is InChI=1S/C6HClF4N2O5S/c7-19(16,17)5-4(18-6(9,10)11)3(8)2(1-12-5)13(14)15/h1H. The number of nitro groups is 1. The minimum absolute atomic E-state index is 0.105. The van der Waals surface area contributed by atoms with E-state index in [-0.39, 0.29) is 6.20 Å². The zero-order valence-electron chi connectivity index (χ0n) is 8.31. The van der Waals surface area contributed by atoms with E-state index in [1.807, 2.05) is 0 Å². The largest absolute Gasteiger partial charge is 0.573 e. The van der Waals surface area contributed by atoms with Crippen LogP contribution >= 0.6 is 10.7 Å². The van der Waals surface area contributed by atoms with E-state index in [0.717, 1.165) is 0 Å². The highest BCUT2D eigenvalue weighted by Crippen LogP contribution is 2.36. The lowest BCUT2D eigenvalue weighted by atomic mass is 10.4. The van der Waals surface area contributed by atoms with E-state index in [2.05, 4.69) is 9.72 Å². The Kier molecular flexibility index (Phi) is 3.86. The first-order valence-electron chi connectivity index (χ1n) is 3.97. The summed E-state index contributed by atoms with van der Waals surface area (Å²) in [7, 11) is -0.175. The lowest BCUT2D eigenvalue weighted by molar-refractivity contribution is -0.388. The van der Waals surface area contributed by atoms with Gasteiger partial charge in [-0.1, -0.05) is 0 Å². The SMILES string of the molecule is O=[N+]([O-])c1cnc(S(=O)(=O)Cl)c(OC(F)(F)F)c1F. The first kappa shape index (κ1) is 15.4. The second-order valence-corrected chi connectivity index (χ2v) is 5.32. The van der Waals surface area contributed by atoms with Crippen molar-refractivity contribution in [1.29, 1.82) is 0 Å². The third kappa shape index (κ3) is 3.64. The number of nitrogens with zero attached hydrogens (tertiary/aromatic N) is 2. The number of hydrogen-bond donors (Lipinski definition) is 0. The maximum absolute atomic E-state index is 13.4. The molecule has 7 nitrogen and oxygen atoms in total. The van der Waals surface area contributed by atoms with Crippen molar-refractivity contribution in [1.82, 2.24) is 4.98 Å². The molecule has 0 aromatic carbocycles. The Balaban J connectivity index is 3.60. The average molecular weight is 325 g/mol. The second-order valence-electron chi connectivity index (χ2n) is 2.83. The Morgan fingerprint density at radius 2 is 1.95 bits per heavy atom. The van der Waals surface area contributed by atoms with Crippen LogP contribution in [-0.4, -0.2) is 24.7 Å². The fraction of sp³-hybridized carbons (Fsp3) is 0.167. The summed E-state index contributed by atoms with van der Waals surface area (Å²) in [5, 5.41) is 8.69. The third-order valence-electron chi connectivity index (χ3n) is 1.57. The molecule has 0 amide bonds. The molecule has 0 saturated carbocycles. The van der Waals surface area contributed by atoms with Crippen LogP contribution in [0.4, 0.5) is 23.2 Å². The summed E-state index contributed by atoms with van der Waals surface area (Å²) >= 11 is 0. The van der Waals surface area contributed by atoms with E-state index in [9.17, 15) is 36.1 Å². The number of halogens is 5. The highest BCUT2D eigenvalue weighted by Gasteiger charge is 2.39. The van der Waals surface area contributed by atoms with Crippen LogP contribution in [-0.2, 0) is 9.05 Å². The molecule has 0 bridgehead atoms. The molecule has 0 radical (unpaired) electrons. The fourth-order valence-corrected chi connectivity index (χ4v) is 1.81. The molecule has 0 saturated heterocycles. The average Bonchev–Trinajstić information content (AvgIpc) is 2.16. The van der Waals surface area contributed by atoms with Gasteiger partial charge in [0.15, 0.2) is 0 Å². The van der Waals surface area contributed by atoms with E-state index in [4.69, 9.17) is 10.7 Å². The minimum Gasteiger partial charge on any atom is -0.399 e. The minimum atomic E-state index is -5.49.